The van der Waals surface area contributed by atoms with E-state index in [2.05, 4.69) is 121 Å². The van der Waals surface area contributed by atoms with Crippen LogP contribution >= 0.6 is 0 Å². The number of para-hydroxylation sites is 2. The van der Waals surface area contributed by atoms with Crippen molar-refractivity contribution in [3.63, 3.8) is 0 Å². The first-order chi connectivity index (χ1) is 21.6. The fourth-order valence-electron chi connectivity index (χ4n) is 7.48. The summed E-state index contributed by atoms with van der Waals surface area (Å²) < 4.78 is 0. The van der Waals surface area contributed by atoms with Gasteiger partial charge in [0.25, 0.3) is 0 Å². The largest absolute Gasteiger partial charge is 0.310 e. The third-order valence-corrected chi connectivity index (χ3v) is 9.41. The van der Waals surface area contributed by atoms with Crippen LogP contribution in [-0.2, 0) is 18.3 Å². The molecule has 0 N–H and O–H groups in total. The molecule has 3 nitrogen and oxygen atoms in total. The second-order valence-electron chi connectivity index (χ2n) is 12.0. The molecule has 214 valence electrons. The van der Waals surface area contributed by atoms with Crippen LogP contribution in [0.2, 0.25) is 0 Å². The van der Waals surface area contributed by atoms with Crippen LogP contribution in [0, 0.1) is 17.9 Å². The Morgan fingerprint density at radius 1 is 0.682 bits per heavy atom. The van der Waals surface area contributed by atoms with Crippen molar-refractivity contribution in [1.29, 1.82) is 5.26 Å². The summed E-state index contributed by atoms with van der Waals surface area (Å²) >= 11 is 0. The van der Waals surface area contributed by atoms with E-state index in [1.807, 2.05) is 12.1 Å². The van der Waals surface area contributed by atoms with Gasteiger partial charge in [-0.2, -0.15) is 5.26 Å². The number of benzene rings is 5. The van der Waals surface area contributed by atoms with Gasteiger partial charge in [0.05, 0.1) is 35.0 Å². The highest BCUT2D eigenvalue weighted by atomic mass is 15.2. The molecule has 0 saturated carbocycles. The standard InChI is InChI=1S/C41H35N3/c1-4-6-12-28-22-29(13-7-5-2)24-32(23-28)44-39-16-10-8-14-35(39)41(36-15-9-11-17-40(36)44)37-25-30(27-42)18-20-33(37)34-21-19-31(43-3)26-38(34)41/h8-11,14-26H,4-7,12-13H2,1-2H3. The summed E-state index contributed by atoms with van der Waals surface area (Å²) in [5.74, 6) is 0. The van der Waals surface area contributed by atoms with Gasteiger partial charge in [-0.3, -0.25) is 0 Å². The lowest BCUT2D eigenvalue weighted by atomic mass is 9.64. The van der Waals surface area contributed by atoms with Gasteiger partial charge in [0, 0.05) is 5.69 Å². The first-order valence-corrected chi connectivity index (χ1v) is 15.8. The number of hydrogen-bond acceptors (Lipinski definition) is 2. The van der Waals surface area contributed by atoms with E-state index in [0.29, 0.717) is 11.3 Å². The third kappa shape index (κ3) is 4.16. The highest BCUT2D eigenvalue weighted by Crippen LogP contribution is 2.63. The van der Waals surface area contributed by atoms with Crippen LogP contribution < -0.4 is 4.90 Å². The lowest BCUT2D eigenvalue weighted by Crippen LogP contribution is -2.36. The minimum atomic E-state index is -0.660. The summed E-state index contributed by atoms with van der Waals surface area (Å²) in [5, 5.41) is 10.0. The number of rotatable bonds is 7. The molecule has 0 saturated heterocycles. The SMILES string of the molecule is [C-]#[N+]c1ccc2c(c1)C1(c3cc(C#N)ccc3-2)c2ccccc2N(c2cc(CCCC)cc(CCCC)c2)c2ccccc21. The van der Waals surface area contributed by atoms with E-state index in [-0.39, 0.29) is 0 Å². The Kier molecular flexibility index (Phi) is 7.04. The molecule has 2 aliphatic rings. The quantitative estimate of drug-likeness (QED) is 0.179. The minimum Gasteiger partial charge on any atom is -0.310 e. The first kappa shape index (κ1) is 27.7. The van der Waals surface area contributed by atoms with Crippen molar-refractivity contribution in [2.24, 2.45) is 0 Å². The summed E-state index contributed by atoms with van der Waals surface area (Å²) in [7, 11) is 0. The van der Waals surface area contributed by atoms with Crippen LogP contribution in [0.5, 0.6) is 0 Å². The van der Waals surface area contributed by atoms with Gasteiger partial charge in [-0.05, 0) is 107 Å². The van der Waals surface area contributed by atoms with E-state index in [1.54, 1.807) is 0 Å². The van der Waals surface area contributed by atoms with E-state index < -0.39 is 5.41 Å². The van der Waals surface area contributed by atoms with E-state index in [4.69, 9.17) is 6.57 Å². The Morgan fingerprint density at radius 2 is 1.25 bits per heavy atom. The Bertz CT molecular complexity index is 1850. The maximum absolute atomic E-state index is 10.0. The number of nitrogens with zero attached hydrogens (tertiary/aromatic N) is 3. The molecule has 1 aliphatic heterocycles. The summed E-state index contributed by atoms with van der Waals surface area (Å²) in [6, 6.07) is 39.2. The van der Waals surface area contributed by atoms with Gasteiger partial charge in [-0.25, -0.2) is 4.85 Å². The van der Waals surface area contributed by atoms with Gasteiger partial charge < -0.3 is 4.90 Å². The topological polar surface area (TPSA) is 31.4 Å². The first-order valence-electron chi connectivity index (χ1n) is 15.8. The zero-order chi connectivity index (χ0) is 30.3. The molecular formula is C41H35N3. The maximum atomic E-state index is 10.0. The second-order valence-corrected chi connectivity index (χ2v) is 12.0. The molecule has 5 aromatic carbocycles. The molecule has 1 heterocycles. The molecule has 3 heteroatoms. The average molecular weight is 570 g/mol. The van der Waals surface area contributed by atoms with Gasteiger partial charge in [0.1, 0.15) is 0 Å². The minimum absolute atomic E-state index is 0.623. The van der Waals surface area contributed by atoms with E-state index in [0.717, 1.165) is 46.5 Å². The predicted molar refractivity (Wildman–Crippen MR) is 180 cm³/mol. The average Bonchev–Trinajstić information content (AvgIpc) is 3.35. The molecule has 0 atom stereocenters. The van der Waals surface area contributed by atoms with Crippen LogP contribution in [0.4, 0.5) is 22.7 Å². The highest BCUT2D eigenvalue weighted by molar-refractivity contribution is 5.96. The maximum Gasteiger partial charge on any atom is 0.187 e. The van der Waals surface area contributed by atoms with Crippen LogP contribution in [0.3, 0.4) is 0 Å². The smallest absolute Gasteiger partial charge is 0.187 e. The zero-order valence-electron chi connectivity index (χ0n) is 25.4. The fraction of sp³-hybridized carbons (Fsp3) is 0.220. The van der Waals surface area contributed by atoms with E-state index in [9.17, 15) is 5.26 Å². The monoisotopic (exact) mass is 569 g/mol. The van der Waals surface area contributed by atoms with Crippen molar-refractivity contribution >= 4 is 22.7 Å². The molecule has 1 spiro atoms. The number of anilines is 3. The second kappa shape index (κ2) is 11.2. The number of hydrogen-bond donors (Lipinski definition) is 0. The van der Waals surface area contributed by atoms with Crippen LogP contribution in [-0.4, -0.2) is 0 Å². The van der Waals surface area contributed by atoms with Gasteiger partial charge in [-0.15, -0.1) is 0 Å². The molecule has 0 bridgehead atoms. The number of fused-ring (bicyclic) bond motifs is 9. The van der Waals surface area contributed by atoms with Crippen molar-refractivity contribution < 1.29 is 0 Å². The molecule has 0 amide bonds. The number of nitriles is 1. The van der Waals surface area contributed by atoms with Crippen molar-refractivity contribution in [1.82, 2.24) is 0 Å². The third-order valence-electron chi connectivity index (χ3n) is 9.41. The summed E-state index contributed by atoms with van der Waals surface area (Å²) in [5.41, 5.74) is 13.6. The highest BCUT2D eigenvalue weighted by Gasteiger charge is 2.51. The molecule has 7 rings (SSSR count). The number of unbranched alkanes of at least 4 members (excludes halogenated alkanes) is 2. The fourth-order valence-corrected chi connectivity index (χ4v) is 7.48. The van der Waals surface area contributed by atoms with Crippen molar-refractivity contribution in [3.05, 3.63) is 153 Å². The molecule has 44 heavy (non-hydrogen) atoms. The summed E-state index contributed by atoms with van der Waals surface area (Å²) in [6.07, 6.45) is 6.82. The summed E-state index contributed by atoms with van der Waals surface area (Å²) in [4.78, 5) is 6.30. The van der Waals surface area contributed by atoms with Crippen LogP contribution in [0.1, 0.15) is 78.5 Å². The Morgan fingerprint density at radius 3 is 1.82 bits per heavy atom. The Balaban J connectivity index is 1.56. The van der Waals surface area contributed by atoms with Crippen LogP contribution in [0.25, 0.3) is 16.0 Å². The molecule has 0 unspecified atom stereocenters. The van der Waals surface area contributed by atoms with Crippen molar-refractivity contribution in [2.45, 2.75) is 57.8 Å². The van der Waals surface area contributed by atoms with Crippen molar-refractivity contribution in [3.8, 4) is 17.2 Å². The Hall–Kier alpha value is -5.12. The van der Waals surface area contributed by atoms with Gasteiger partial charge in [0.2, 0.25) is 0 Å². The zero-order valence-corrected chi connectivity index (χ0v) is 25.4. The van der Waals surface area contributed by atoms with Gasteiger partial charge in [-0.1, -0.05) is 93.4 Å². The summed E-state index contributed by atoms with van der Waals surface area (Å²) in [6.45, 7) is 12.4. The normalized spacial score (nSPS) is 13.4. The predicted octanol–water partition coefficient (Wildman–Crippen LogP) is 10.9. The van der Waals surface area contributed by atoms with Crippen molar-refractivity contribution in [2.75, 3.05) is 4.90 Å². The lowest BCUT2D eigenvalue weighted by Gasteiger charge is -2.45. The van der Waals surface area contributed by atoms with E-state index in [1.165, 1.54) is 53.6 Å². The molecular weight excluding hydrogens is 534 g/mol. The Labute approximate surface area is 260 Å². The van der Waals surface area contributed by atoms with Gasteiger partial charge in [0.15, 0.2) is 5.69 Å². The van der Waals surface area contributed by atoms with Crippen LogP contribution in [0.15, 0.2) is 103 Å². The molecule has 1 aliphatic carbocycles. The van der Waals surface area contributed by atoms with E-state index >= 15 is 0 Å². The molecule has 0 fully saturated rings. The molecule has 0 radical (unpaired) electrons. The molecule has 0 aromatic heterocycles. The molecule has 5 aromatic rings. The number of aryl methyl sites for hydroxylation is 2. The lowest BCUT2D eigenvalue weighted by molar-refractivity contribution is 0.751. The van der Waals surface area contributed by atoms with Gasteiger partial charge >= 0.3 is 0 Å².